The van der Waals surface area contributed by atoms with Crippen molar-refractivity contribution in [2.75, 3.05) is 39.9 Å². The molecule has 0 amide bonds. The highest BCUT2D eigenvalue weighted by Gasteiger charge is 2.41. The molecular weight excluding hydrogens is 342 g/mol. The summed E-state index contributed by atoms with van der Waals surface area (Å²) in [6, 6.07) is 5.44. The number of nitrogens with zero attached hydrogens (tertiary/aromatic N) is 3. The zero-order chi connectivity index (χ0) is 17.9. The first kappa shape index (κ1) is 18.7. The summed E-state index contributed by atoms with van der Waals surface area (Å²) in [5, 5.41) is 10.8. The van der Waals surface area contributed by atoms with E-state index in [1.54, 1.807) is 29.7 Å². The Kier molecular flexibility index (Phi) is 5.75. The summed E-state index contributed by atoms with van der Waals surface area (Å²) in [5.74, 6) is 0.253. The molecule has 8 heteroatoms. The third-order valence-electron chi connectivity index (χ3n) is 5.23. The average Bonchev–Trinajstić information content (AvgIpc) is 2.63. The van der Waals surface area contributed by atoms with Crippen LogP contribution in [0.2, 0.25) is 0 Å². The van der Waals surface area contributed by atoms with E-state index in [0.29, 0.717) is 51.3 Å². The average molecular weight is 369 g/mol. The summed E-state index contributed by atoms with van der Waals surface area (Å²) in [6.07, 6.45) is 4.23. The maximum Gasteiger partial charge on any atom is 0.281 e. The van der Waals surface area contributed by atoms with Crippen molar-refractivity contribution < 1.29 is 18.3 Å². The SMILES string of the molecule is COCC1CCCN(S(=O)(=O)N2CCC(O)(c3ccccn3)CC2)C1. The van der Waals surface area contributed by atoms with Gasteiger partial charge in [0, 0.05) is 39.5 Å². The van der Waals surface area contributed by atoms with E-state index >= 15 is 0 Å². The Balaban J connectivity index is 1.65. The molecule has 0 saturated carbocycles. The van der Waals surface area contributed by atoms with Gasteiger partial charge in [0.15, 0.2) is 0 Å². The van der Waals surface area contributed by atoms with Gasteiger partial charge < -0.3 is 9.84 Å². The molecule has 1 N–H and O–H groups in total. The number of rotatable bonds is 5. The molecule has 0 aromatic carbocycles. The summed E-state index contributed by atoms with van der Waals surface area (Å²) in [6.45, 7) is 2.27. The third-order valence-corrected chi connectivity index (χ3v) is 7.23. The third kappa shape index (κ3) is 4.03. The minimum atomic E-state index is -3.49. The van der Waals surface area contributed by atoms with E-state index in [-0.39, 0.29) is 5.92 Å². The van der Waals surface area contributed by atoms with E-state index in [9.17, 15) is 13.5 Å². The van der Waals surface area contributed by atoms with Crippen molar-refractivity contribution in [3.63, 3.8) is 0 Å². The molecule has 1 aromatic heterocycles. The quantitative estimate of drug-likeness (QED) is 0.836. The second kappa shape index (κ2) is 7.67. The van der Waals surface area contributed by atoms with Crippen LogP contribution in [0.3, 0.4) is 0 Å². The van der Waals surface area contributed by atoms with Crippen LogP contribution < -0.4 is 0 Å². The van der Waals surface area contributed by atoms with Crippen molar-refractivity contribution in [1.29, 1.82) is 0 Å². The Hall–Kier alpha value is -1.06. The van der Waals surface area contributed by atoms with Gasteiger partial charge in [-0.25, -0.2) is 0 Å². The molecule has 0 spiro atoms. The summed E-state index contributed by atoms with van der Waals surface area (Å²) in [5.41, 5.74) is -0.432. The standard InChI is InChI=1S/C17H27N3O4S/c1-24-14-15-5-4-10-20(13-15)25(22,23)19-11-7-17(21,8-12-19)16-6-2-3-9-18-16/h2-3,6,9,15,21H,4-5,7-8,10-14H2,1H3. The highest BCUT2D eigenvalue weighted by molar-refractivity contribution is 7.86. The van der Waals surface area contributed by atoms with Crippen LogP contribution in [0.25, 0.3) is 0 Å². The van der Waals surface area contributed by atoms with Crippen LogP contribution in [-0.2, 0) is 20.5 Å². The Morgan fingerprint density at radius 2 is 2.04 bits per heavy atom. The molecule has 3 rings (SSSR count). The van der Waals surface area contributed by atoms with E-state index in [1.807, 2.05) is 6.07 Å². The van der Waals surface area contributed by atoms with Crippen LogP contribution >= 0.6 is 0 Å². The zero-order valence-electron chi connectivity index (χ0n) is 14.7. The smallest absolute Gasteiger partial charge is 0.281 e. The predicted molar refractivity (Wildman–Crippen MR) is 94.0 cm³/mol. The van der Waals surface area contributed by atoms with Crippen molar-refractivity contribution in [2.24, 2.45) is 5.92 Å². The highest BCUT2D eigenvalue weighted by Crippen LogP contribution is 2.33. The maximum absolute atomic E-state index is 13.0. The summed E-state index contributed by atoms with van der Waals surface area (Å²) < 4.78 is 34.2. The van der Waals surface area contributed by atoms with Gasteiger partial charge in [-0.3, -0.25) is 4.98 Å². The number of hydrogen-bond acceptors (Lipinski definition) is 5. The molecule has 2 saturated heterocycles. The van der Waals surface area contributed by atoms with Crippen LogP contribution in [0.15, 0.2) is 24.4 Å². The van der Waals surface area contributed by atoms with Crippen LogP contribution in [0, 0.1) is 5.92 Å². The fraction of sp³-hybridized carbons (Fsp3) is 0.706. The molecule has 7 nitrogen and oxygen atoms in total. The molecule has 25 heavy (non-hydrogen) atoms. The lowest BCUT2D eigenvalue weighted by molar-refractivity contribution is -0.0146. The molecular formula is C17H27N3O4S. The lowest BCUT2D eigenvalue weighted by Gasteiger charge is -2.40. The Labute approximate surface area is 149 Å². The van der Waals surface area contributed by atoms with Crippen molar-refractivity contribution >= 4 is 10.2 Å². The van der Waals surface area contributed by atoms with E-state index in [1.165, 1.54) is 4.31 Å². The van der Waals surface area contributed by atoms with Gasteiger partial charge in [0.1, 0.15) is 5.60 Å². The Bertz CT molecular complexity index is 658. The number of pyridine rings is 1. The molecule has 0 bridgehead atoms. The van der Waals surface area contributed by atoms with E-state index in [4.69, 9.17) is 4.74 Å². The zero-order valence-corrected chi connectivity index (χ0v) is 15.5. The lowest BCUT2D eigenvalue weighted by Crippen LogP contribution is -2.52. The monoisotopic (exact) mass is 369 g/mol. The van der Waals surface area contributed by atoms with Crippen molar-refractivity contribution in [2.45, 2.75) is 31.3 Å². The number of ether oxygens (including phenoxy) is 1. The van der Waals surface area contributed by atoms with Crippen LogP contribution in [-0.4, -0.2) is 67.0 Å². The molecule has 1 atom stereocenters. The van der Waals surface area contributed by atoms with Crippen LogP contribution in [0.5, 0.6) is 0 Å². The fourth-order valence-corrected chi connectivity index (χ4v) is 5.48. The van der Waals surface area contributed by atoms with Gasteiger partial charge in [0.05, 0.1) is 12.3 Å². The summed E-state index contributed by atoms with van der Waals surface area (Å²) in [4.78, 5) is 4.24. The molecule has 2 fully saturated rings. The number of aliphatic hydroxyl groups is 1. The maximum atomic E-state index is 13.0. The van der Waals surface area contributed by atoms with Gasteiger partial charge in [0.25, 0.3) is 10.2 Å². The van der Waals surface area contributed by atoms with Gasteiger partial charge >= 0.3 is 0 Å². The number of hydrogen-bond donors (Lipinski definition) is 1. The molecule has 3 heterocycles. The molecule has 1 aromatic rings. The first-order valence-corrected chi connectivity index (χ1v) is 10.2. The topological polar surface area (TPSA) is 83.0 Å². The first-order chi connectivity index (χ1) is 12.0. The highest BCUT2D eigenvalue weighted by atomic mass is 32.2. The molecule has 1 unspecified atom stereocenters. The molecule has 2 aliphatic heterocycles. The molecule has 2 aliphatic rings. The normalized spacial score (nSPS) is 25.8. The van der Waals surface area contributed by atoms with E-state index in [0.717, 1.165) is 12.8 Å². The van der Waals surface area contributed by atoms with Gasteiger partial charge in [-0.2, -0.15) is 17.0 Å². The second-order valence-electron chi connectivity index (χ2n) is 6.97. The number of piperidine rings is 2. The number of methoxy groups -OCH3 is 1. The van der Waals surface area contributed by atoms with Gasteiger partial charge in [0.2, 0.25) is 0 Å². The number of aromatic nitrogens is 1. The predicted octanol–water partition coefficient (Wildman–Crippen LogP) is 0.968. The van der Waals surface area contributed by atoms with E-state index in [2.05, 4.69) is 4.98 Å². The summed E-state index contributed by atoms with van der Waals surface area (Å²) in [7, 11) is -1.84. The fourth-order valence-electron chi connectivity index (χ4n) is 3.75. The molecule has 140 valence electrons. The van der Waals surface area contributed by atoms with Gasteiger partial charge in [-0.1, -0.05) is 6.07 Å². The first-order valence-electron chi connectivity index (χ1n) is 8.84. The molecule has 0 aliphatic carbocycles. The Morgan fingerprint density at radius 1 is 1.28 bits per heavy atom. The van der Waals surface area contributed by atoms with Crippen LogP contribution in [0.4, 0.5) is 0 Å². The summed E-state index contributed by atoms with van der Waals surface area (Å²) >= 11 is 0. The van der Waals surface area contributed by atoms with Crippen molar-refractivity contribution in [3.05, 3.63) is 30.1 Å². The van der Waals surface area contributed by atoms with Gasteiger partial charge in [-0.05, 0) is 43.7 Å². The lowest BCUT2D eigenvalue weighted by atomic mass is 9.89. The van der Waals surface area contributed by atoms with Crippen molar-refractivity contribution in [1.82, 2.24) is 13.6 Å². The Morgan fingerprint density at radius 3 is 2.68 bits per heavy atom. The van der Waals surface area contributed by atoms with Gasteiger partial charge in [-0.15, -0.1) is 0 Å². The van der Waals surface area contributed by atoms with E-state index < -0.39 is 15.8 Å². The minimum Gasteiger partial charge on any atom is -0.384 e. The largest absolute Gasteiger partial charge is 0.384 e. The van der Waals surface area contributed by atoms with Crippen LogP contribution in [0.1, 0.15) is 31.4 Å². The molecule has 0 radical (unpaired) electrons. The van der Waals surface area contributed by atoms with Crippen molar-refractivity contribution in [3.8, 4) is 0 Å². The second-order valence-corrected chi connectivity index (χ2v) is 8.90. The minimum absolute atomic E-state index is 0.253.